The second-order valence-corrected chi connectivity index (χ2v) is 6.75. The molecule has 0 aliphatic carbocycles. The molecular weight excluding hydrogens is 360 g/mol. The minimum absolute atomic E-state index is 0.300. The van der Waals surface area contributed by atoms with E-state index in [0.717, 1.165) is 16.2 Å². The Morgan fingerprint density at radius 3 is 2.92 bits per heavy atom. The highest BCUT2D eigenvalue weighted by Gasteiger charge is 2.15. The van der Waals surface area contributed by atoms with E-state index in [1.807, 2.05) is 42.6 Å². The Bertz CT molecular complexity index is 992. The fourth-order valence-corrected chi connectivity index (χ4v) is 3.20. The van der Waals surface area contributed by atoms with Crippen molar-refractivity contribution in [2.45, 2.75) is 13.5 Å². The fourth-order valence-electron chi connectivity index (χ4n) is 2.32. The lowest BCUT2D eigenvalue weighted by atomic mass is 10.2. The minimum Gasteiger partial charge on any atom is -0.485 e. The van der Waals surface area contributed by atoms with Gasteiger partial charge in [-0.1, -0.05) is 22.8 Å². The third-order valence-corrected chi connectivity index (χ3v) is 4.65. The summed E-state index contributed by atoms with van der Waals surface area (Å²) in [5.41, 5.74) is 0.969. The van der Waals surface area contributed by atoms with E-state index in [2.05, 4.69) is 10.1 Å². The summed E-state index contributed by atoms with van der Waals surface area (Å²) >= 11 is 7.50. The Labute approximate surface area is 152 Å². The van der Waals surface area contributed by atoms with Gasteiger partial charge in [0.25, 0.3) is 5.89 Å². The van der Waals surface area contributed by atoms with Gasteiger partial charge >= 0.3 is 0 Å². The molecule has 0 N–H and O–H groups in total. The van der Waals surface area contributed by atoms with Gasteiger partial charge in [-0.15, -0.1) is 11.3 Å². The Morgan fingerprint density at radius 1 is 1.20 bits per heavy atom. The minimum atomic E-state index is 0.300. The van der Waals surface area contributed by atoms with E-state index >= 15 is 0 Å². The molecule has 0 bridgehead atoms. The van der Waals surface area contributed by atoms with Gasteiger partial charge in [0.2, 0.25) is 5.82 Å². The number of ether oxygens (including phenoxy) is 1. The number of thiophene rings is 1. The normalized spacial score (nSPS) is 11.0. The molecule has 0 aliphatic rings. The summed E-state index contributed by atoms with van der Waals surface area (Å²) < 4.78 is 16.8. The van der Waals surface area contributed by atoms with Crippen molar-refractivity contribution < 1.29 is 13.7 Å². The molecule has 0 radical (unpaired) electrons. The molecule has 4 aromatic rings. The van der Waals surface area contributed by atoms with Crippen LogP contribution in [0.5, 0.6) is 5.75 Å². The van der Waals surface area contributed by atoms with Gasteiger partial charge in [-0.05, 0) is 54.3 Å². The SMILES string of the molecule is Cc1cc(Cl)ccc1OCc1ccc(-c2nc(-c3cccs3)no2)o1. The predicted molar refractivity (Wildman–Crippen MR) is 95.8 cm³/mol. The Morgan fingerprint density at radius 2 is 2.12 bits per heavy atom. The molecule has 3 aromatic heterocycles. The lowest BCUT2D eigenvalue weighted by molar-refractivity contribution is 0.269. The molecule has 5 nitrogen and oxygen atoms in total. The Balaban J connectivity index is 1.47. The summed E-state index contributed by atoms with van der Waals surface area (Å²) in [5.74, 6) is 2.84. The maximum absolute atomic E-state index is 5.95. The molecule has 1 aromatic carbocycles. The molecule has 0 amide bonds. The highest BCUT2D eigenvalue weighted by atomic mass is 35.5. The second kappa shape index (κ2) is 6.74. The van der Waals surface area contributed by atoms with Crippen molar-refractivity contribution in [2.75, 3.05) is 0 Å². The molecule has 25 heavy (non-hydrogen) atoms. The smallest absolute Gasteiger partial charge is 0.293 e. The highest BCUT2D eigenvalue weighted by molar-refractivity contribution is 7.13. The number of aryl methyl sites for hydroxylation is 1. The van der Waals surface area contributed by atoms with Crippen LogP contribution in [0.25, 0.3) is 22.4 Å². The fraction of sp³-hybridized carbons (Fsp3) is 0.111. The van der Waals surface area contributed by atoms with Crippen LogP contribution in [0.1, 0.15) is 11.3 Å². The van der Waals surface area contributed by atoms with E-state index in [1.165, 1.54) is 0 Å². The molecule has 126 valence electrons. The zero-order valence-electron chi connectivity index (χ0n) is 13.2. The van der Waals surface area contributed by atoms with E-state index in [9.17, 15) is 0 Å². The van der Waals surface area contributed by atoms with Crippen molar-refractivity contribution in [1.29, 1.82) is 0 Å². The first-order chi connectivity index (χ1) is 12.2. The number of hydrogen-bond donors (Lipinski definition) is 0. The van der Waals surface area contributed by atoms with E-state index in [-0.39, 0.29) is 0 Å². The van der Waals surface area contributed by atoms with E-state index in [0.29, 0.717) is 34.9 Å². The van der Waals surface area contributed by atoms with E-state index in [1.54, 1.807) is 23.5 Å². The maximum Gasteiger partial charge on any atom is 0.293 e. The molecule has 0 saturated heterocycles. The van der Waals surface area contributed by atoms with Crippen LogP contribution >= 0.6 is 22.9 Å². The Kier molecular flexibility index (Phi) is 4.29. The van der Waals surface area contributed by atoms with Crippen LogP contribution in [0.4, 0.5) is 0 Å². The summed E-state index contributed by atoms with van der Waals surface area (Å²) in [7, 11) is 0. The molecule has 0 spiro atoms. The topological polar surface area (TPSA) is 61.3 Å². The van der Waals surface area contributed by atoms with Gasteiger partial charge in [-0.25, -0.2) is 0 Å². The summed E-state index contributed by atoms with van der Waals surface area (Å²) in [6.45, 7) is 2.24. The third kappa shape index (κ3) is 3.45. The van der Waals surface area contributed by atoms with Crippen LogP contribution in [0.3, 0.4) is 0 Å². The molecule has 0 fully saturated rings. The average Bonchev–Trinajstić information content (AvgIpc) is 3.34. The molecule has 7 heteroatoms. The summed E-state index contributed by atoms with van der Waals surface area (Å²) in [6.07, 6.45) is 0. The van der Waals surface area contributed by atoms with Crippen LogP contribution in [0.2, 0.25) is 5.02 Å². The number of nitrogens with zero attached hydrogens (tertiary/aromatic N) is 2. The standard InChI is InChI=1S/C18H13ClN2O3S/c1-11-9-12(19)4-6-14(11)22-10-13-5-7-15(23-13)18-20-17(21-24-18)16-3-2-8-25-16/h2-9H,10H2,1H3. The van der Waals surface area contributed by atoms with Crippen molar-refractivity contribution >= 4 is 22.9 Å². The average molecular weight is 373 g/mol. The molecular formula is C18H13ClN2O3S. The molecule has 3 heterocycles. The van der Waals surface area contributed by atoms with Crippen molar-refractivity contribution in [3.63, 3.8) is 0 Å². The lowest BCUT2D eigenvalue weighted by Crippen LogP contribution is -1.95. The lowest BCUT2D eigenvalue weighted by Gasteiger charge is -2.07. The van der Waals surface area contributed by atoms with Crippen molar-refractivity contribution in [2.24, 2.45) is 0 Å². The van der Waals surface area contributed by atoms with Gasteiger partial charge in [-0.2, -0.15) is 4.98 Å². The van der Waals surface area contributed by atoms with Crippen LogP contribution in [0, 0.1) is 6.92 Å². The monoisotopic (exact) mass is 372 g/mol. The van der Waals surface area contributed by atoms with Gasteiger partial charge in [-0.3, -0.25) is 0 Å². The first kappa shape index (κ1) is 15.9. The first-order valence-corrected chi connectivity index (χ1v) is 8.80. The molecule has 4 rings (SSSR count). The predicted octanol–water partition coefficient (Wildman–Crippen LogP) is 5.60. The molecule has 0 unspecified atom stereocenters. The number of benzene rings is 1. The van der Waals surface area contributed by atoms with E-state index in [4.69, 9.17) is 25.3 Å². The summed E-state index contributed by atoms with van der Waals surface area (Å²) in [5, 5.41) is 6.63. The number of furan rings is 1. The summed E-state index contributed by atoms with van der Waals surface area (Å²) in [6, 6.07) is 13.0. The van der Waals surface area contributed by atoms with Crippen molar-refractivity contribution in [3.8, 4) is 28.1 Å². The molecule has 0 atom stereocenters. The van der Waals surface area contributed by atoms with Crippen LogP contribution < -0.4 is 4.74 Å². The van der Waals surface area contributed by atoms with Gasteiger partial charge in [0.05, 0.1) is 4.88 Å². The number of hydrogen-bond acceptors (Lipinski definition) is 6. The number of rotatable bonds is 5. The quantitative estimate of drug-likeness (QED) is 0.456. The zero-order valence-corrected chi connectivity index (χ0v) is 14.8. The molecule has 0 saturated carbocycles. The first-order valence-electron chi connectivity index (χ1n) is 7.54. The van der Waals surface area contributed by atoms with Crippen LogP contribution in [0.15, 0.2) is 56.8 Å². The van der Waals surface area contributed by atoms with Gasteiger partial charge in [0.15, 0.2) is 5.76 Å². The molecule has 0 aliphatic heterocycles. The number of halogens is 1. The Hall–Kier alpha value is -2.57. The van der Waals surface area contributed by atoms with Crippen molar-refractivity contribution in [1.82, 2.24) is 10.1 Å². The van der Waals surface area contributed by atoms with Gasteiger partial charge in [0.1, 0.15) is 18.1 Å². The zero-order chi connectivity index (χ0) is 17.2. The van der Waals surface area contributed by atoms with E-state index < -0.39 is 0 Å². The second-order valence-electron chi connectivity index (χ2n) is 5.36. The maximum atomic E-state index is 5.95. The van der Waals surface area contributed by atoms with Crippen LogP contribution in [-0.2, 0) is 6.61 Å². The number of aromatic nitrogens is 2. The largest absolute Gasteiger partial charge is 0.485 e. The van der Waals surface area contributed by atoms with Crippen molar-refractivity contribution in [3.05, 3.63) is 64.2 Å². The van der Waals surface area contributed by atoms with Crippen LogP contribution in [-0.4, -0.2) is 10.1 Å². The van der Waals surface area contributed by atoms with Gasteiger partial charge in [0, 0.05) is 5.02 Å². The highest BCUT2D eigenvalue weighted by Crippen LogP contribution is 2.27. The third-order valence-electron chi connectivity index (χ3n) is 3.55. The van der Waals surface area contributed by atoms with Gasteiger partial charge < -0.3 is 13.7 Å². The summed E-state index contributed by atoms with van der Waals surface area (Å²) in [4.78, 5) is 5.31.